The number of carbonyl (C=O) groups is 3. The topological polar surface area (TPSA) is 138 Å². The van der Waals surface area contributed by atoms with Crippen LogP contribution in [0.4, 0.5) is 0 Å². The Bertz CT molecular complexity index is 1310. The highest BCUT2D eigenvalue weighted by atomic mass is 16.5. The van der Waals surface area contributed by atoms with Gasteiger partial charge in [-0.1, -0.05) is 48.5 Å². The summed E-state index contributed by atoms with van der Waals surface area (Å²) in [6.07, 6.45) is 3.75. The molecule has 0 saturated carbocycles. The van der Waals surface area contributed by atoms with Crippen molar-refractivity contribution in [1.82, 2.24) is 14.8 Å². The van der Waals surface area contributed by atoms with Gasteiger partial charge in [-0.15, -0.1) is 0 Å². The number of morpholine rings is 1. The molecule has 1 amide bonds. The zero-order chi connectivity index (χ0) is 27.3. The fraction of sp³-hybridized carbons (Fsp3) is 0.286. The molecule has 0 atom stereocenters. The Hall–Kier alpha value is -4.28. The molecule has 1 aliphatic heterocycles. The highest BCUT2D eigenvalue weighted by molar-refractivity contribution is 5.95. The van der Waals surface area contributed by atoms with Gasteiger partial charge in [-0.25, -0.2) is 9.59 Å². The number of rotatable bonds is 9. The van der Waals surface area contributed by atoms with Gasteiger partial charge < -0.3 is 24.8 Å². The minimum atomic E-state index is -1.26. The summed E-state index contributed by atoms with van der Waals surface area (Å²) < 4.78 is 7.07. The van der Waals surface area contributed by atoms with E-state index in [-0.39, 0.29) is 11.5 Å². The molecule has 2 heterocycles. The van der Waals surface area contributed by atoms with Gasteiger partial charge in [0.25, 0.3) is 5.56 Å². The van der Waals surface area contributed by atoms with Crippen LogP contribution in [0.1, 0.15) is 6.42 Å². The number of nitrogens with one attached hydrogen (secondary N) is 1. The summed E-state index contributed by atoms with van der Waals surface area (Å²) in [6.45, 7) is 4.45. The third kappa shape index (κ3) is 8.68. The number of ether oxygens (including phenoxy) is 1. The zero-order valence-electron chi connectivity index (χ0n) is 20.9. The van der Waals surface area contributed by atoms with E-state index in [0.29, 0.717) is 51.4 Å². The smallest absolute Gasteiger partial charge is 0.328 e. The van der Waals surface area contributed by atoms with Crippen molar-refractivity contribution in [3.63, 3.8) is 0 Å². The molecular formula is C28H31N3O7. The van der Waals surface area contributed by atoms with Crippen LogP contribution in [0.5, 0.6) is 0 Å². The molecule has 10 nitrogen and oxygen atoms in total. The van der Waals surface area contributed by atoms with Gasteiger partial charge >= 0.3 is 11.9 Å². The molecule has 1 aromatic heterocycles. The monoisotopic (exact) mass is 521 g/mol. The van der Waals surface area contributed by atoms with E-state index in [4.69, 9.17) is 14.9 Å². The second kappa shape index (κ2) is 14.5. The highest BCUT2D eigenvalue weighted by Crippen LogP contribution is 2.26. The van der Waals surface area contributed by atoms with Crippen molar-refractivity contribution in [2.75, 3.05) is 39.4 Å². The van der Waals surface area contributed by atoms with Crippen molar-refractivity contribution in [1.29, 1.82) is 0 Å². The van der Waals surface area contributed by atoms with E-state index in [9.17, 15) is 19.2 Å². The molecule has 0 bridgehead atoms. The fourth-order valence-corrected chi connectivity index (χ4v) is 4.00. The number of nitrogens with zero attached hydrogens (tertiary/aromatic N) is 2. The second-order valence-corrected chi connectivity index (χ2v) is 8.55. The Morgan fingerprint density at radius 3 is 2.13 bits per heavy atom. The number of hydrogen-bond donors (Lipinski definition) is 3. The quantitative estimate of drug-likeness (QED) is 0.288. The summed E-state index contributed by atoms with van der Waals surface area (Å²) in [4.78, 5) is 46.3. The van der Waals surface area contributed by atoms with E-state index >= 15 is 0 Å². The molecule has 1 aliphatic rings. The zero-order valence-corrected chi connectivity index (χ0v) is 20.9. The minimum absolute atomic E-state index is 0.00456. The number of fused-ring (bicyclic) bond motifs is 1. The van der Waals surface area contributed by atoms with Gasteiger partial charge in [0.05, 0.1) is 19.8 Å². The number of hydrogen-bond acceptors (Lipinski definition) is 6. The number of benzene rings is 2. The number of aliphatic carboxylic acids is 2. The van der Waals surface area contributed by atoms with Gasteiger partial charge in [-0.2, -0.15) is 0 Å². The predicted octanol–water partition coefficient (Wildman–Crippen LogP) is 2.22. The average molecular weight is 522 g/mol. The van der Waals surface area contributed by atoms with Crippen LogP contribution in [0, 0.1) is 0 Å². The molecule has 3 aromatic rings. The molecule has 0 unspecified atom stereocenters. The lowest BCUT2D eigenvalue weighted by molar-refractivity contribution is -0.134. The largest absolute Gasteiger partial charge is 0.478 e. The maximum atomic E-state index is 13.0. The first-order chi connectivity index (χ1) is 18.3. The Morgan fingerprint density at radius 1 is 0.895 bits per heavy atom. The summed E-state index contributed by atoms with van der Waals surface area (Å²) in [5, 5.41) is 20.3. The van der Waals surface area contributed by atoms with E-state index in [2.05, 4.69) is 22.3 Å². The molecular weight excluding hydrogens is 490 g/mol. The van der Waals surface area contributed by atoms with Crippen LogP contribution in [0.25, 0.3) is 21.9 Å². The van der Waals surface area contributed by atoms with Gasteiger partial charge in [0, 0.05) is 55.5 Å². The van der Waals surface area contributed by atoms with Crippen molar-refractivity contribution in [2.45, 2.75) is 13.0 Å². The van der Waals surface area contributed by atoms with Crippen LogP contribution in [0.2, 0.25) is 0 Å². The number of pyridine rings is 1. The average Bonchev–Trinajstić information content (AvgIpc) is 2.92. The highest BCUT2D eigenvalue weighted by Gasteiger charge is 2.14. The Morgan fingerprint density at radius 2 is 1.50 bits per heavy atom. The minimum Gasteiger partial charge on any atom is -0.478 e. The van der Waals surface area contributed by atoms with E-state index in [1.807, 2.05) is 48.7 Å². The molecule has 0 aliphatic carbocycles. The van der Waals surface area contributed by atoms with E-state index in [0.717, 1.165) is 35.0 Å². The van der Waals surface area contributed by atoms with Crippen molar-refractivity contribution < 1.29 is 29.3 Å². The lowest BCUT2D eigenvalue weighted by atomic mass is 10.0. The first-order valence-electron chi connectivity index (χ1n) is 12.2. The summed E-state index contributed by atoms with van der Waals surface area (Å²) in [5.41, 5.74) is 2.13. The van der Waals surface area contributed by atoms with Gasteiger partial charge in [0.2, 0.25) is 5.91 Å². The molecule has 4 rings (SSSR count). The van der Waals surface area contributed by atoms with E-state index in [1.165, 1.54) is 0 Å². The molecule has 1 saturated heterocycles. The van der Waals surface area contributed by atoms with Crippen molar-refractivity contribution in [2.24, 2.45) is 0 Å². The molecule has 1 fully saturated rings. The van der Waals surface area contributed by atoms with Crippen molar-refractivity contribution in [3.8, 4) is 11.1 Å². The van der Waals surface area contributed by atoms with Gasteiger partial charge in [-0.3, -0.25) is 14.5 Å². The fourth-order valence-electron chi connectivity index (χ4n) is 4.00. The summed E-state index contributed by atoms with van der Waals surface area (Å²) in [7, 11) is 0. The van der Waals surface area contributed by atoms with E-state index < -0.39 is 11.9 Å². The molecule has 10 heteroatoms. The van der Waals surface area contributed by atoms with Gasteiger partial charge in [0.15, 0.2) is 0 Å². The summed E-state index contributed by atoms with van der Waals surface area (Å²) >= 11 is 0. The third-order valence-corrected chi connectivity index (χ3v) is 5.82. The predicted molar refractivity (Wildman–Crippen MR) is 143 cm³/mol. The van der Waals surface area contributed by atoms with Gasteiger partial charge in [-0.05, 0) is 23.4 Å². The maximum Gasteiger partial charge on any atom is 0.328 e. The van der Waals surface area contributed by atoms with Crippen LogP contribution in [-0.4, -0.2) is 76.9 Å². The van der Waals surface area contributed by atoms with Crippen LogP contribution >= 0.6 is 0 Å². The number of aryl methyl sites for hydroxylation is 1. The van der Waals surface area contributed by atoms with E-state index in [1.54, 1.807) is 4.57 Å². The Kier molecular flexibility index (Phi) is 10.8. The number of aromatic nitrogens is 1. The number of amides is 1. The molecule has 38 heavy (non-hydrogen) atoms. The number of carboxylic acid groups (broad SMARTS) is 2. The van der Waals surface area contributed by atoms with Crippen molar-refractivity contribution >= 4 is 28.6 Å². The summed E-state index contributed by atoms with van der Waals surface area (Å²) in [6, 6.07) is 17.8. The molecule has 200 valence electrons. The van der Waals surface area contributed by atoms with Crippen LogP contribution < -0.4 is 10.9 Å². The summed E-state index contributed by atoms with van der Waals surface area (Å²) in [5.74, 6) is -2.49. The molecule has 0 spiro atoms. The van der Waals surface area contributed by atoms with Gasteiger partial charge in [0.1, 0.15) is 0 Å². The first-order valence-corrected chi connectivity index (χ1v) is 12.2. The first kappa shape index (κ1) is 28.3. The van der Waals surface area contributed by atoms with Crippen molar-refractivity contribution in [3.05, 3.63) is 83.3 Å². The Balaban J connectivity index is 0.000000436. The van der Waals surface area contributed by atoms with Crippen LogP contribution in [-0.2, 0) is 25.7 Å². The second-order valence-electron chi connectivity index (χ2n) is 8.55. The lowest BCUT2D eigenvalue weighted by Crippen LogP contribution is -2.43. The number of carboxylic acids is 2. The molecule has 2 aromatic carbocycles. The molecule has 3 N–H and O–H groups in total. The van der Waals surface area contributed by atoms with Crippen LogP contribution in [0.15, 0.2) is 77.7 Å². The maximum absolute atomic E-state index is 13.0. The normalized spacial score (nSPS) is 13.6. The third-order valence-electron chi connectivity index (χ3n) is 5.82. The molecule has 0 radical (unpaired) electrons. The Labute approximate surface area is 219 Å². The number of carbonyl (C=O) groups excluding carboxylic acids is 1. The lowest BCUT2D eigenvalue weighted by Gasteiger charge is -2.25. The standard InChI is InChI=1S/C24H27N3O3.C4H4O4/c28-23(18-26-13-15-30-16-14-26)25-11-6-12-27-17-22(19-7-2-1-3-8-19)20-9-4-5-10-21(20)24(27)29;5-3(6)1-2-4(7)8/h1-5,7-10,17H,6,11-16,18H2,(H,25,28);1-2H,(H,5,6)(H,7,8)/b;2-1-. The van der Waals surface area contributed by atoms with Crippen LogP contribution in [0.3, 0.4) is 0 Å². The SMILES string of the molecule is O=C(CN1CCOCC1)NCCCn1cc(-c2ccccc2)c2ccccc2c1=O.O=C(O)/C=C\C(=O)O.